The fraction of sp³-hybridized carbons (Fsp3) is 0.235. The molecule has 118 valence electrons. The zero-order valence-electron chi connectivity index (χ0n) is 12.6. The van der Waals surface area contributed by atoms with Gasteiger partial charge in [0.1, 0.15) is 11.6 Å². The number of halogens is 1. The lowest BCUT2D eigenvalue weighted by atomic mass is 10.1. The van der Waals surface area contributed by atoms with E-state index in [9.17, 15) is 14.0 Å². The molecule has 5 nitrogen and oxygen atoms in total. The maximum Gasteiger partial charge on any atom is 0.230 e. The highest BCUT2D eigenvalue weighted by molar-refractivity contribution is 6.03. The van der Waals surface area contributed by atoms with Gasteiger partial charge in [-0.1, -0.05) is 6.07 Å². The van der Waals surface area contributed by atoms with Gasteiger partial charge in [0.15, 0.2) is 0 Å². The average molecular weight is 313 g/mol. The van der Waals surface area contributed by atoms with Crippen LogP contribution in [0.3, 0.4) is 0 Å². The SMILES string of the molecule is Cc1cccc(NC(=O)C2CC(=O)N(c3ccc(F)cc3)C2)n1. The highest BCUT2D eigenvalue weighted by atomic mass is 19.1. The summed E-state index contributed by atoms with van der Waals surface area (Å²) < 4.78 is 13.0. The molecule has 0 radical (unpaired) electrons. The molecule has 1 atom stereocenters. The van der Waals surface area contributed by atoms with E-state index in [2.05, 4.69) is 10.3 Å². The largest absolute Gasteiger partial charge is 0.312 e. The quantitative estimate of drug-likeness (QED) is 0.947. The highest BCUT2D eigenvalue weighted by Crippen LogP contribution is 2.26. The number of aromatic nitrogens is 1. The molecule has 1 saturated heterocycles. The molecule has 0 spiro atoms. The normalized spacial score (nSPS) is 17.4. The Morgan fingerprint density at radius 2 is 2.00 bits per heavy atom. The number of carbonyl (C=O) groups excluding carboxylic acids is 2. The van der Waals surface area contributed by atoms with Crippen LogP contribution in [0.15, 0.2) is 42.5 Å². The van der Waals surface area contributed by atoms with Gasteiger partial charge in [0.05, 0.1) is 5.92 Å². The van der Waals surface area contributed by atoms with Gasteiger partial charge in [0.2, 0.25) is 11.8 Å². The summed E-state index contributed by atoms with van der Waals surface area (Å²) in [6.07, 6.45) is 0.134. The number of aryl methyl sites for hydroxylation is 1. The molecule has 1 unspecified atom stereocenters. The summed E-state index contributed by atoms with van der Waals surface area (Å²) in [5.74, 6) is -0.715. The first-order valence-electron chi connectivity index (χ1n) is 7.33. The number of anilines is 2. The van der Waals surface area contributed by atoms with E-state index in [-0.39, 0.29) is 30.6 Å². The average Bonchev–Trinajstić information content (AvgIpc) is 2.90. The Hall–Kier alpha value is -2.76. The second kappa shape index (κ2) is 6.16. The van der Waals surface area contributed by atoms with Gasteiger partial charge in [-0.3, -0.25) is 9.59 Å². The van der Waals surface area contributed by atoms with Crippen LogP contribution < -0.4 is 10.2 Å². The van der Waals surface area contributed by atoms with Crippen LogP contribution in [0.5, 0.6) is 0 Å². The van der Waals surface area contributed by atoms with Gasteiger partial charge in [0.25, 0.3) is 0 Å². The minimum absolute atomic E-state index is 0.134. The smallest absolute Gasteiger partial charge is 0.230 e. The lowest BCUT2D eigenvalue weighted by Gasteiger charge is -2.16. The Kier molecular flexibility index (Phi) is 4.06. The first-order chi connectivity index (χ1) is 11.0. The molecule has 1 aromatic heterocycles. The van der Waals surface area contributed by atoms with Crippen molar-refractivity contribution in [1.29, 1.82) is 0 Å². The van der Waals surface area contributed by atoms with Gasteiger partial charge in [-0.05, 0) is 43.3 Å². The van der Waals surface area contributed by atoms with Gasteiger partial charge in [-0.15, -0.1) is 0 Å². The number of nitrogens with zero attached hydrogens (tertiary/aromatic N) is 2. The minimum Gasteiger partial charge on any atom is -0.312 e. The summed E-state index contributed by atoms with van der Waals surface area (Å²) in [6.45, 7) is 2.12. The Labute approximate surface area is 133 Å². The third kappa shape index (κ3) is 3.36. The summed E-state index contributed by atoms with van der Waals surface area (Å²) in [7, 11) is 0. The van der Waals surface area contributed by atoms with Crippen molar-refractivity contribution in [3.63, 3.8) is 0 Å². The first kappa shape index (κ1) is 15.1. The Morgan fingerprint density at radius 3 is 2.70 bits per heavy atom. The van der Waals surface area contributed by atoms with Crippen molar-refractivity contribution < 1.29 is 14.0 Å². The van der Waals surface area contributed by atoms with Crippen LogP contribution in [-0.2, 0) is 9.59 Å². The monoisotopic (exact) mass is 313 g/mol. The van der Waals surface area contributed by atoms with Crippen molar-refractivity contribution in [3.05, 3.63) is 54.0 Å². The van der Waals surface area contributed by atoms with Crippen LogP contribution in [0.25, 0.3) is 0 Å². The van der Waals surface area contributed by atoms with Crippen molar-refractivity contribution in [3.8, 4) is 0 Å². The molecule has 1 aromatic carbocycles. The first-order valence-corrected chi connectivity index (χ1v) is 7.33. The van der Waals surface area contributed by atoms with E-state index in [1.54, 1.807) is 6.07 Å². The predicted molar refractivity (Wildman–Crippen MR) is 84.5 cm³/mol. The molecule has 0 aliphatic carbocycles. The van der Waals surface area contributed by atoms with Crippen LogP contribution in [-0.4, -0.2) is 23.3 Å². The van der Waals surface area contributed by atoms with Gasteiger partial charge in [0, 0.05) is 24.3 Å². The van der Waals surface area contributed by atoms with Crippen molar-refractivity contribution in [2.45, 2.75) is 13.3 Å². The van der Waals surface area contributed by atoms with Crippen LogP contribution >= 0.6 is 0 Å². The molecule has 0 bridgehead atoms. The summed E-state index contributed by atoms with van der Waals surface area (Å²) in [4.78, 5) is 30.2. The molecule has 1 aliphatic rings. The van der Waals surface area contributed by atoms with Crippen molar-refractivity contribution in [2.75, 3.05) is 16.8 Å². The van der Waals surface area contributed by atoms with E-state index in [0.29, 0.717) is 11.5 Å². The van der Waals surface area contributed by atoms with Crippen LogP contribution in [0.2, 0.25) is 0 Å². The summed E-state index contributed by atoms with van der Waals surface area (Å²) >= 11 is 0. The second-order valence-electron chi connectivity index (χ2n) is 5.54. The number of hydrogen-bond donors (Lipinski definition) is 1. The summed E-state index contributed by atoms with van der Waals surface area (Å²) in [5, 5.41) is 2.74. The van der Waals surface area contributed by atoms with E-state index < -0.39 is 5.92 Å². The van der Waals surface area contributed by atoms with E-state index in [1.165, 1.54) is 29.2 Å². The van der Waals surface area contributed by atoms with Gasteiger partial charge in [-0.2, -0.15) is 0 Å². The summed E-state index contributed by atoms with van der Waals surface area (Å²) in [6, 6.07) is 11.0. The number of amides is 2. The van der Waals surface area contributed by atoms with E-state index >= 15 is 0 Å². The Morgan fingerprint density at radius 1 is 1.26 bits per heavy atom. The minimum atomic E-state index is -0.449. The molecule has 1 fully saturated rings. The molecular formula is C17H16FN3O2. The third-order valence-electron chi connectivity index (χ3n) is 3.77. The van der Waals surface area contributed by atoms with E-state index in [0.717, 1.165) is 5.69 Å². The Balaban J connectivity index is 1.69. The number of rotatable bonds is 3. The van der Waals surface area contributed by atoms with Gasteiger partial charge >= 0.3 is 0 Å². The number of carbonyl (C=O) groups is 2. The molecule has 6 heteroatoms. The molecule has 2 heterocycles. The molecule has 1 N–H and O–H groups in total. The molecule has 0 saturated carbocycles. The van der Waals surface area contributed by atoms with Gasteiger partial charge < -0.3 is 10.2 Å². The van der Waals surface area contributed by atoms with Crippen LogP contribution in [0, 0.1) is 18.7 Å². The molecule has 1 aliphatic heterocycles. The lowest BCUT2D eigenvalue weighted by molar-refractivity contribution is -0.122. The number of benzene rings is 1. The predicted octanol–water partition coefficient (Wildman–Crippen LogP) is 2.52. The molecule has 23 heavy (non-hydrogen) atoms. The maximum absolute atomic E-state index is 13.0. The van der Waals surface area contributed by atoms with E-state index in [4.69, 9.17) is 0 Å². The molecule has 2 aromatic rings. The molecular weight excluding hydrogens is 297 g/mol. The molecule has 2 amide bonds. The standard InChI is InChI=1S/C17H16FN3O2/c1-11-3-2-4-15(19-11)20-17(23)12-9-16(22)21(10-12)14-7-5-13(18)6-8-14/h2-8,12H,9-10H2,1H3,(H,19,20,23). The lowest BCUT2D eigenvalue weighted by Crippen LogP contribution is -2.28. The molecule has 3 rings (SSSR count). The van der Waals surface area contributed by atoms with Crippen molar-refractivity contribution in [2.24, 2.45) is 5.92 Å². The highest BCUT2D eigenvalue weighted by Gasteiger charge is 2.35. The van der Waals surface area contributed by atoms with Crippen LogP contribution in [0.1, 0.15) is 12.1 Å². The Bertz CT molecular complexity index is 746. The van der Waals surface area contributed by atoms with Crippen molar-refractivity contribution >= 4 is 23.3 Å². The summed E-state index contributed by atoms with van der Waals surface area (Å²) in [5.41, 5.74) is 1.40. The fourth-order valence-corrected chi connectivity index (χ4v) is 2.59. The number of hydrogen-bond acceptors (Lipinski definition) is 3. The topological polar surface area (TPSA) is 62.3 Å². The maximum atomic E-state index is 13.0. The second-order valence-corrected chi connectivity index (χ2v) is 5.54. The van der Waals surface area contributed by atoms with Crippen molar-refractivity contribution in [1.82, 2.24) is 4.98 Å². The zero-order chi connectivity index (χ0) is 16.4. The number of pyridine rings is 1. The van der Waals surface area contributed by atoms with Gasteiger partial charge in [-0.25, -0.2) is 9.37 Å². The van der Waals surface area contributed by atoms with Crippen LogP contribution in [0.4, 0.5) is 15.9 Å². The fourth-order valence-electron chi connectivity index (χ4n) is 2.59. The zero-order valence-corrected chi connectivity index (χ0v) is 12.6. The van der Waals surface area contributed by atoms with E-state index in [1.807, 2.05) is 19.1 Å². The number of nitrogens with one attached hydrogen (secondary N) is 1. The third-order valence-corrected chi connectivity index (χ3v) is 3.77.